The number of rotatable bonds is 18. The number of nitrogens with one attached hydrogen (secondary N) is 5. The van der Waals surface area contributed by atoms with Gasteiger partial charge < -0.3 is 35.8 Å². The zero-order valence-corrected chi connectivity index (χ0v) is 46.4. The first-order chi connectivity index (χ1) is 36.0. The molecule has 76 heavy (non-hydrogen) atoms. The van der Waals surface area contributed by atoms with Crippen LogP contribution in [0.3, 0.4) is 0 Å². The first-order valence-corrected chi connectivity index (χ1v) is 28.0. The van der Waals surface area contributed by atoms with E-state index in [9.17, 15) is 27.6 Å². The molecule has 0 radical (unpaired) electrons. The molecule has 408 valence electrons. The normalized spacial score (nSPS) is 19.2. The molecule has 5 atom stereocenters. The lowest BCUT2D eigenvalue weighted by Gasteiger charge is -2.36. The summed E-state index contributed by atoms with van der Waals surface area (Å²) in [5, 5.41) is 20.2. The van der Waals surface area contributed by atoms with E-state index >= 15 is 0 Å². The topological polar surface area (TPSA) is 250 Å². The highest BCUT2D eigenvalue weighted by Crippen LogP contribution is 2.38. The van der Waals surface area contributed by atoms with E-state index in [4.69, 9.17) is 4.74 Å². The number of likely N-dealkylation sites (N-methyl/N-ethyl adjacent to an activating group) is 1. The summed E-state index contributed by atoms with van der Waals surface area (Å²) in [6.07, 6.45) is 8.19. The van der Waals surface area contributed by atoms with Crippen LogP contribution in [0.25, 0.3) is 10.9 Å². The zero-order valence-electron chi connectivity index (χ0n) is 45.6. The minimum Gasteiger partial charge on any atom is -0.492 e. The molecule has 3 amide bonds. The molecule has 20 nitrogen and oxygen atoms in total. The van der Waals surface area contributed by atoms with Crippen molar-refractivity contribution in [3.8, 4) is 5.75 Å². The van der Waals surface area contributed by atoms with Gasteiger partial charge in [0.25, 0.3) is 0 Å². The molecule has 3 aromatic heterocycles. The van der Waals surface area contributed by atoms with E-state index in [0.29, 0.717) is 47.9 Å². The Morgan fingerprint density at radius 2 is 1.68 bits per heavy atom. The second-order valence-corrected chi connectivity index (χ2v) is 25.3. The molecule has 5 heterocycles. The van der Waals surface area contributed by atoms with Crippen molar-refractivity contribution in [1.29, 1.82) is 0 Å². The van der Waals surface area contributed by atoms with Gasteiger partial charge in [0.05, 0.1) is 41.3 Å². The van der Waals surface area contributed by atoms with Crippen LogP contribution in [0.4, 0.5) is 17.5 Å². The third-order valence-electron chi connectivity index (χ3n) is 15.1. The van der Waals surface area contributed by atoms with Gasteiger partial charge in [0, 0.05) is 68.4 Å². The summed E-state index contributed by atoms with van der Waals surface area (Å²) in [5.41, 5.74) is 4.17. The van der Waals surface area contributed by atoms with E-state index in [-0.39, 0.29) is 77.8 Å². The molecule has 0 bridgehead atoms. The number of ether oxygens (including phenoxy) is 1. The van der Waals surface area contributed by atoms with Crippen LogP contribution in [-0.4, -0.2) is 148 Å². The summed E-state index contributed by atoms with van der Waals surface area (Å²) < 4.78 is 33.2. The van der Waals surface area contributed by atoms with E-state index in [1.54, 1.807) is 58.0 Å². The maximum atomic E-state index is 14.6. The van der Waals surface area contributed by atoms with Crippen LogP contribution < -0.4 is 30.9 Å². The lowest BCUT2D eigenvalue weighted by molar-refractivity contribution is -0.144. The van der Waals surface area contributed by atoms with Crippen LogP contribution in [0, 0.1) is 25.2 Å². The van der Waals surface area contributed by atoms with Crippen molar-refractivity contribution in [2.75, 3.05) is 63.1 Å². The van der Waals surface area contributed by atoms with Crippen molar-refractivity contribution < 1.29 is 32.3 Å². The Labute approximate surface area is 446 Å². The van der Waals surface area contributed by atoms with E-state index in [0.717, 1.165) is 55.7 Å². The number of ketones is 1. The van der Waals surface area contributed by atoms with Gasteiger partial charge >= 0.3 is 0 Å². The predicted molar refractivity (Wildman–Crippen MR) is 291 cm³/mol. The fourth-order valence-electron chi connectivity index (χ4n) is 10.1. The molecule has 1 unspecified atom stereocenters. The van der Waals surface area contributed by atoms with Crippen molar-refractivity contribution in [2.45, 2.75) is 135 Å². The van der Waals surface area contributed by atoms with Gasteiger partial charge in [0.15, 0.2) is 21.4 Å². The Morgan fingerprint density at radius 3 is 2.36 bits per heavy atom. The highest BCUT2D eigenvalue weighted by atomic mass is 32.2. The molecule has 2 aliphatic heterocycles. The molecule has 5 aromatic rings. The lowest BCUT2D eigenvalue weighted by Crippen LogP contribution is -2.59. The predicted octanol–water partition coefficient (Wildman–Crippen LogP) is 5.79. The average molecular weight is 1060 g/mol. The Morgan fingerprint density at radius 1 is 0.934 bits per heavy atom. The van der Waals surface area contributed by atoms with Gasteiger partial charge in [-0.05, 0) is 109 Å². The fraction of sp³-hybridized carbons (Fsp3) is 0.545. The third kappa shape index (κ3) is 12.3. The minimum absolute atomic E-state index is 0.0625. The van der Waals surface area contributed by atoms with Crippen LogP contribution in [0.5, 0.6) is 5.75 Å². The van der Waals surface area contributed by atoms with Gasteiger partial charge in [-0.1, -0.05) is 45.0 Å². The number of carbonyl (C=O) groups is 4. The number of amides is 3. The van der Waals surface area contributed by atoms with Gasteiger partial charge in [-0.2, -0.15) is 5.10 Å². The number of likely N-dealkylation sites (tertiary alicyclic amines) is 1. The van der Waals surface area contributed by atoms with Crippen molar-refractivity contribution in [2.24, 2.45) is 11.3 Å². The minimum atomic E-state index is -3.84. The van der Waals surface area contributed by atoms with E-state index in [1.807, 2.05) is 52.8 Å². The van der Waals surface area contributed by atoms with E-state index in [2.05, 4.69) is 67.3 Å². The maximum Gasteiger partial charge on any atom is 0.246 e. The molecule has 1 aliphatic carbocycles. The van der Waals surface area contributed by atoms with E-state index in [1.165, 1.54) is 18.1 Å². The van der Waals surface area contributed by atoms with Gasteiger partial charge in [-0.3, -0.25) is 29.2 Å². The molecule has 0 spiro atoms. The SMILES string of the molecule is CN[C@@H](C)C(=O)N[C@H](C(=O)N1C[C@@H](CC(=O)c2cnc(N3CCN(CCCOc4cc5ncnc(Nc6n[nH]c(C)c6C)c5cc4S(=O)(=O)C(C)(C)C)CC3)cn2)CC1C(=O)N[C@@H]1CCCc2ccccc21)C(C)(C)C. The van der Waals surface area contributed by atoms with Gasteiger partial charge in [0.2, 0.25) is 17.7 Å². The van der Waals surface area contributed by atoms with Crippen molar-refractivity contribution in [3.05, 3.63) is 83.2 Å². The number of fused-ring (bicyclic) bond motifs is 2. The number of hydrogen-bond donors (Lipinski definition) is 5. The Kier molecular flexibility index (Phi) is 16.8. The van der Waals surface area contributed by atoms with Crippen LogP contribution >= 0.6 is 0 Å². The molecule has 2 fully saturated rings. The molecule has 21 heteroatoms. The monoisotopic (exact) mass is 1060 g/mol. The number of sulfone groups is 1. The summed E-state index contributed by atoms with van der Waals surface area (Å²) in [7, 11) is -2.17. The van der Waals surface area contributed by atoms with Gasteiger partial charge in [-0.15, -0.1) is 0 Å². The zero-order chi connectivity index (χ0) is 54.7. The van der Waals surface area contributed by atoms with Crippen molar-refractivity contribution in [1.82, 2.24) is 55.9 Å². The number of piperazine rings is 1. The summed E-state index contributed by atoms with van der Waals surface area (Å²) in [4.78, 5) is 80.2. The van der Waals surface area contributed by atoms with Crippen LogP contribution in [0.2, 0.25) is 0 Å². The number of nitrogens with zero attached hydrogens (tertiary/aromatic N) is 8. The molecule has 8 rings (SSSR count). The number of benzene rings is 2. The second kappa shape index (κ2) is 22.9. The van der Waals surface area contributed by atoms with Gasteiger partial charge in [0.1, 0.15) is 46.4 Å². The third-order valence-corrected chi connectivity index (χ3v) is 17.7. The average Bonchev–Trinajstić information content (AvgIpc) is 3.96. The number of aromatic nitrogens is 6. The summed E-state index contributed by atoms with van der Waals surface area (Å²) in [5.74, 6) is 0.391. The smallest absolute Gasteiger partial charge is 0.246 e. The standard InChI is InChI=1S/C55H75N13O7S/c1-33-34(2)64-65-49(33)63-50-39-27-46(76(73,74)55(7,8)9)45(28-41(39)59-32-60-50)75-24-14-19-66-20-22-67(23-21-66)47-30-57-42(29-58-47)44(69)26-36-25-43(52(71)61-40-18-13-16-37-15-11-12-17-38(37)40)68(31-36)53(72)48(54(4,5)6)62-51(70)35(3)56-10/h11-12,15,17,27-30,32,35-36,40,43,48,56H,13-14,16,18-26,31H2,1-10H3,(H,61,71)(H,62,70)(H2,59,60,63,64,65)/t35-,36+,40+,43?,48+/m0/s1. The Balaban J connectivity index is 0.871. The lowest BCUT2D eigenvalue weighted by atomic mass is 9.85. The van der Waals surface area contributed by atoms with E-state index < -0.39 is 38.1 Å². The highest BCUT2D eigenvalue weighted by molar-refractivity contribution is 7.92. The van der Waals surface area contributed by atoms with Crippen molar-refractivity contribution in [3.63, 3.8) is 0 Å². The Hall–Kier alpha value is -6.58. The summed E-state index contributed by atoms with van der Waals surface area (Å²) in [6.45, 7) is 20.3. The summed E-state index contributed by atoms with van der Waals surface area (Å²) in [6, 6.07) is 8.88. The number of aryl methyl sites for hydroxylation is 2. The number of hydrogen-bond acceptors (Lipinski definition) is 16. The number of anilines is 3. The molecule has 2 aromatic carbocycles. The van der Waals surface area contributed by atoms with Gasteiger partial charge in [-0.25, -0.2) is 28.4 Å². The molecule has 0 saturated carbocycles. The highest BCUT2D eigenvalue weighted by Gasteiger charge is 2.46. The fourth-order valence-corrected chi connectivity index (χ4v) is 11.5. The molecule has 2 saturated heterocycles. The summed E-state index contributed by atoms with van der Waals surface area (Å²) >= 11 is 0. The first kappa shape index (κ1) is 55.6. The Bertz CT molecular complexity index is 3040. The van der Waals surface area contributed by atoms with Crippen LogP contribution in [0.15, 0.2) is 60.0 Å². The van der Waals surface area contributed by atoms with Crippen LogP contribution in [-0.2, 0) is 30.6 Å². The largest absolute Gasteiger partial charge is 0.492 e. The molecular weight excluding hydrogens is 987 g/mol. The molecule has 3 aliphatic rings. The molecule has 5 N–H and O–H groups in total. The first-order valence-electron chi connectivity index (χ1n) is 26.5. The number of aromatic amines is 1. The number of Topliss-reactive ketones (excluding diaryl/α,β-unsaturated/α-hetero) is 1. The number of H-pyrrole nitrogens is 1. The quantitative estimate of drug-likeness (QED) is 0.0515. The maximum absolute atomic E-state index is 14.6. The second-order valence-electron chi connectivity index (χ2n) is 22.6. The molecular formula is C55H75N13O7S. The van der Waals surface area contributed by atoms with Crippen molar-refractivity contribution >= 4 is 61.7 Å². The number of carbonyl (C=O) groups excluding carboxylic acids is 4. The van der Waals surface area contributed by atoms with Crippen LogP contribution in [0.1, 0.15) is 119 Å².